The summed E-state index contributed by atoms with van der Waals surface area (Å²) < 4.78 is 10.4. The summed E-state index contributed by atoms with van der Waals surface area (Å²) in [6.07, 6.45) is 0.950. The van der Waals surface area contributed by atoms with E-state index in [0.29, 0.717) is 30.4 Å². The summed E-state index contributed by atoms with van der Waals surface area (Å²) in [6, 6.07) is 5.40. The highest BCUT2D eigenvalue weighted by Crippen LogP contribution is 2.27. The Bertz CT molecular complexity index is 572. The average molecular weight is 320 g/mol. The molecule has 0 atom stereocenters. The van der Waals surface area contributed by atoms with Gasteiger partial charge in [0.05, 0.1) is 0 Å². The first kappa shape index (κ1) is 17.3. The van der Waals surface area contributed by atoms with E-state index in [1.807, 2.05) is 11.0 Å². The van der Waals surface area contributed by atoms with Crippen molar-refractivity contribution in [3.63, 3.8) is 0 Å². The van der Waals surface area contributed by atoms with Crippen molar-refractivity contribution in [1.29, 1.82) is 0 Å². The van der Waals surface area contributed by atoms with Gasteiger partial charge in [0.15, 0.2) is 6.61 Å². The summed E-state index contributed by atoms with van der Waals surface area (Å²) in [6.45, 7) is 5.54. The standard InChI is InChI=1S/C17H24N2O4/c1-12(2)6-7-19-9-13-8-14(18-16(20)10-22-3)4-5-15(13)23-11-17(19)21/h4-5,8,12H,6-7,9-11H2,1-3H3,(H,18,20). The van der Waals surface area contributed by atoms with Crippen LogP contribution in [0.15, 0.2) is 18.2 Å². The molecule has 23 heavy (non-hydrogen) atoms. The van der Waals surface area contributed by atoms with E-state index in [2.05, 4.69) is 19.2 Å². The normalized spacial score (nSPS) is 14.3. The monoisotopic (exact) mass is 320 g/mol. The number of methoxy groups -OCH3 is 1. The molecule has 6 heteroatoms. The molecule has 0 radical (unpaired) electrons. The number of amides is 2. The fourth-order valence-corrected chi connectivity index (χ4v) is 2.39. The van der Waals surface area contributed by atoms with Gasteiger partial charge in [-0.05, 0) is 30.5 Å². The Labute approximate surface area is 136 Å². The lowest BCUT2D eigenvalue weighted by atomic mass is 10.1. The van der Waals surface area contributed by atoms with Crippen LogP contribution in [0.2, 0.25) is 0 Å². The molecule has 6 nitrogen and oxygen atoms in total. The maximum atomic E-state index is 12.2. The summed E-state index contributed by atoms with van der Waals surface area (Å²) in [5.74, 6) is 1.00. The largest absolute Gasteiger partial charge is 0.483 e. The molecular weight excluding hydrogens is 296 g/mol. The molecule has 0 aliphatic carbocycles. The van der Waals surface area contributed by atoms with Crippen LogP contribution in [0.1, 0.15) is 25.8 Å². The Morgan fingerprint density at radius 1 is 1.43 bits per heavy atom. The first-order chi connectivity index (χ1) is 11.0. The van der Waals surface area contributed by atoms with Gasteiger partial charge in [0.2, 0.25) is 5.91 Å². The van der Waals surface area contributed by atoms with Crippen molar-refractivity contribution >= 4 is 17.5 Å². The third-order valence-corrected chi connectivity index (χ3v) is 3.66. The predicted octanol–water partition coefficient (Wildman–Crippen LogP) is 2.04. The van der Waals surface area contributed by atoms with Crippen LogP contribution in [0.25, 0.3) is 0 Å². The molecular formula is C17H24N2O4. The third kappa shape index (κ3) is 4.96. The van der Waals surface area contributed by atoms with Gasteiger partial charge in [0.25, 0.3) is 5.91 Å². The minimum Gasteiger partial charge on any atom is -0.483 e. The van der Waals surface area contributed by atoms with Crippen molar-refractivity contribution < 1.29 is 19.1 Å². The van der Waals surface area contributed by atoms with E-state index in [1.54, 1.807) is 12.1 Å². The van der Waals surface area contributed by atoms with E-state index < -0.39 is 0 Å². The van der Waals surface area contributed by atoms with Crippen LogP contribution in [0.4, 0.5) is 5.69 Å². The molecule has 0 saturated heterocycles. The van der Waals surface area contributed by atoms with Gasteiger partial charge in [-0.1, -0.05) is 13.8 Å². The predicted molar refractivity (Wildman–Crippen MR) is 87.3 cm³/mol. The number of hydrogen-bond donors (Lipinski definition) is 1. The molecule has 1 N–H and O–H groups in total. The quantitative estimate of drug-likeness (QED) is 0.871. The topological polar surface area (TPSA) is 67.9 Å². The number of nitrogens with one attached hydrogen (secondary N) is 1. The number of benzene rings is 1. The van der Waals surface area contributed by atoms with Crippen LogP contribution in [-0.4, -0.2) is 43.6 Å². The molecule has 126 valence electrons. The first-order valence-electron chi connectivity index (χ1n) is 7.82. The van der Waals surface area contributed by atoms with E-state index in [9.17, 15) is 9.59 Å². The van der Waals surface area contributed by atoms with E-state index in [-0.39, 0.29) is 25.0 Å². The lowest BCUT2D eigenvalue weighted by Gasteiger charge is -2.21. The van der Waals surface area contributed by atoms with Gasteiger partial charge in [-0.25, -0.2) is 0 Å². The number of nitrogens with zero attached hydrogens (tertiary/aromatic N) is 1. The van der Waals surface area contributed by atoms with E-state index >= 15 is 0 Å². The highest BCUT2D eigenvalue weighted by Gasteiger charge is 2.22. The molecule has 0 fully saturated rings. The molecule has 1 aliphatic heterocycles. The van der Waals surface area contributed by atoms with Crippen molar-refractivity contribution in [3.8, 4) is 5.75 Å². The minimum absolute atomic E-state index is 0.00653. The average Bonchev–Trinajstić information content (AvgIpc) is 2.64. The van der Waals surface area contributed by atoms with Crippen molar-refractivity contribution in [2.24, 2.45) is 5.92 Å². The van der Waals surface area contributed by atoms with Crippen molar-refractivity contribution in [2.45, 2.75) is 26.8 Å². The number of rotatable bonds is 6. The minimum atomic E-state index is -0.213. The SMILES string of the molecule is COCC(=O)Nc1ccc2c(c1)CN(CCC(C)C)C(=O)CO2. The molecule has 1 aromatic carbocycles. The zero-order valence-electron chi connectivity index (χ0n) is 13.9. The van der Waals surface area contributed by atoms with Crippen LogP contribution in [-0.2, 0) is 20.9 Å². The van der Waals surface area contributed by atoms with Crippen LogP contribution < -0.4 is 10.1 Å². The second-order valence-corrected chi connectivity index (χ2v) is 6.09. The lowest BCUT2D eigenvalue weighted by Crippen LogP contribution is -2.33. The molecule has 0 spiro atoms. The molecule has 1 heterocycles. The second kappa shape index (κ2) is 7.97. The number of hydrogen-bond acceptors (Lipinski definition) is 4. The summed E-state index contributed by atoms with van der Waals surface area (Å²) in [4.78, 5) is 25.6. The molecule has 0 aromatic heterocycles. The number of fused-ring (bicyclic) bond motifs is 1. The number of carbonyl (C=O) groups excluding carboxylic acids is 2. The summed E-state index contributed by atoms with van der Waals surface area (Å²) in [5, 5.41) is 2.77. The molecule has 1 aromatic rings. The van der Waals surface area contributed by atoms with Crippen LogP contribution >= 0.6 is 0 Å². The van der Waals surface area contributed by atoms with Gasteiger partial charge in [-0.15, -0.1) is 0 Å². The highest BCUT2D eigenvalue weighted by molar-refractivity contribution is 5.92. The lowest BCUT2D eigenvalue weighted by molar-refractivity contribution is -0.133. The molecule has 0 unspecified atom stereocenters. The third-order valence-electron chi connectivity index (χ3n) is 3.66. The maximum absolute atomic E-state index is 12.2. The van der Waals surface area contributed by atoms with E-state index in [4.69, 9.17) is 9.47 Å². The number of carbonyl (C=O) groups is 2. The van der Waals surface area contributed by atoms with Crippen molar-refractivity contribution in [3.05, 3.63) is 23.8 Å². The summed E-state index contributed by atoms with van der Waals surface area (Å²) in [7, 11) is 1.47. The molecule has 2 rings (SSSR count). The van der Waals surface area contributed by atoms with Gasteiger partial charge in [0, 0.05) is 31.5 Å². The van der Waals surface area contributed by atoms with Crippen LogP contribution in [0.3, 0.4) is 0 Å². The van der Waals surface area contributed by atoms with Crippen LogP contribution in [0, 0.1) is 5.92 Å². The van der Waals surface area contributed by atoms with Gasteiger partial charge >= 0.3 is 0 Å². The molecule has 0 saturated carbocycles. The Morgan fingerprint density at radius 2 is 2.22 bits per heavy atom. The fraction of sp³-hybridized carbons (Fsp3) is 0.529. The van der Waals surface area contributed by atoms with Crippen molar-refractivity contribution in [2.75, 3.05) is 32.2 Å². The highest BCUT2D eigenvalue weighted by atomic mass is 16.5. The second-order valence-electron chi connectivity index (χ2n) is 6.09. The van der Waals surface area contributed by atoms with Gasteiger partial charge < -0.3 is 19.7 Å². The van der Waals surface area contributed by atoms with Gasteiger partial charge in [-0.3, -0.25) is 9.59 Å². The summed E-state index contributed by atoms with van der Waals surface area (Å²) in [5.41, 5.74) is 1.57. The Hall–Kier alpha value is -2.08. The fourth-order valence-electron chi connectivity index (χ4n) is 2.39. The maximum Gasteiger partial charge on any atom is 0.260 e. The van der Waals surface area contributed by atoms with E-state index in [0.717, 1.165) is 12.0 Å². The van der Waals surface area contributed by atoms with Gasteiger partial charge in [-0.2, -0.15) is 0 Å². The van der Waals surface area contributed by atoms with Crippen molar-refractivity contribution in [1.82, 2.24) is 4.90 Å². The zero-order valence-corrected chi connectivity index (χ0v) is 13.9. The summed E-state index contributed by atoms with van der Waals surface area (Å²) >= 11 is 0. The molecule has 0 bridgehead atoms. The Kier molecular flexibility index (Phi) is 5.98. The first-order valence-corrected chi connectivity index (χ1v) is 7.82. The van der Waals surface area contributed by atoms with Crippen LogP contribution in [0.5, 0.6) is 5.75 Å². The Morgan fingerprint density at radius 3 is 2.91 bits per heavy atom. The van der Waals surface area contributed by atoms with E-state index in [1.165, 1.54) is 7.11 Å². The smallest absolute Gasteiger partial charge is 0.260 e. The Balaban J connectivity index is 2.12. The zero-order chi connectivity index (χ0) is 16.8. The molecule has 1 aliphatic rings. The molecule has 2 amide bonds. The number of ether oxygens (including phenoxy) is 2. The van der Waals surface area contributed by atoms with Gasteiger partial charge in [0.1, 0.15) is 12.4 Å². The number of anilines is 1.